The lowest BCUT2D eigenvalue weighted by Crippen LogP contribution is -2.38. The number of hydrogen-bond donors (Lipinski definition) is 0. The van der Waals surface area contributed by atoms with Crippen LogP contribution in [-0.2, 0) is 5.54 Å². The molecule has 0 aliphatic carbocycles. The smallest absolute Gasteiger partial charge is 0.138 e. The first-order chi connectivity index (χ1) is 15.1. The van der Waals surface area contributed by atoms with Crippen molar-refractivity contribution in [2.75, 3.05) is 0 Å². The van der Waals surface area contributed by atoms with Crippen molar-refractivity contribution in [2.24, 2.45) is 0 Å². The standard InChI is InChI=1S/C26H17BrClIN2/c27-22-16-21-24(17-23(22)28)31(30-25(21)29)26(18-10-4-1-5-11-18,19-12-6-2-7-13-19)20-14-8-3-9-15-20/h1-17H. The van der Waals surface area contributed by atoms with Gasteiger partial charge in [0, 0.05) is 9.86 Å². The summed E-state index contributed by atoms with van der Waals surface area (Å²) in [4.78, 5) is 0. The van der Waals surface area contributed by atoms with E-state index in [4.69, 9.17) is 16.7 Å². The number of benzene rings is 4. The molecule has 0 saturated heterocycles. The fraction of sp³-hybridized carbons (Fsp3) is 0.0385. The molecule has 0 radical (unpaired) electrons. The van der Waals surface area contributed by atoms with Crippen LogP contribution in [0.4, 0.5) is 0 Å². The normalized spacial score (nSPS) is 11.7. The Morgan fingerprint density at radius 2 is 1.19 bits per heavy atom. The van der Waals surface area contributed by atoms with E-state index >= 15 is 0 Å². The highest BCUT2D eigenvalue weighted by Gasteiger charge is 2.40. The molecule has 5 aromatic rings. The predicted octanol–water partition coefficient (Wildman–Crippen LogP) is 7.90. The van der Waals surface area contributed by atoms with Crippen LogP contribution in [0.25, 0.3) is 10.9 Å². The minimum atomic E-state index is -0.664. The summed E-state index contributed by atoms with van der Waals surface area (Å²) in [5.41, 5.74) is 3.71. The average Bonchev–Trinajstić information content (AvgIpc) is 3.12. The Kier molecular flexibility index (Phi) is 5.63. The molecule has 5 rings (SSSR count). The van der Waals surface area contributed by atoms with Crippen LogP contribution < -0.4 is 0 Å². The maximum absolute atomic E-state index is 6.57. The number of rotatable bonds is 4. The van der Waals surface area contributed by atoms with Crippen molar-refractivity contribution in [1.82, 2.24) is 9.78 Å². The summed E-state index contributed by atoms with van der Waals surface area (Å²) in [6.07, 6.45) is 0. The van der Waals surface area contributed by atoms with Crippen LogP contribution in [0.3, 0.4) is 0 Å². The zero-order valence-electron chi connectivity index (χ0n) is 16.3. The minimum Gasteiger partial charge on any atom is -0.244 e. The molecule has 0 aliphatic rings. The van der Waals surface area contributed by atoms with Gasteiger partial charge in [0.25, 0.3) is 0 Å². The van der Waals surface area contributed by atoms with Gasteiger partial charge in [-0.05, 0) is 67.3 Å². The fourth-order valence-electron chi connectivity index (χ4n) is 4.23. The third kappa shape index (κ3) is 3.41. The fourth-order valence-corrected chi connectivity index (χ4v) is 5.38. The zero-order valence-corrected chi connectivity index (χ0v) is 20.8. The van der Waals surface area contributed by atoms with Gasteiger partial charge in [0.1, 0.15) is 9.24 Å². The highest BCUT2D eigenvalue weighted by molar-refractivity contribution is 14.1. The van der Waals surface area contributed by atoms with Crippen LogP contribution in [0.5, 0.6) is 0 Å². The van der Waals surface area contributed by atoms with E-state index in [1.54, 1.807) is 0 Å². The summed E-state index contributed by atoms with van der Waals surface area (Å²) < 4.78 is 3.92. The van der Waals surface area contributed by atoms with Crippen molar-refractivity contribution in [3.8, 4) is 0 Å². The van der Waals surface area contributed by atoms with Crippen LogP contribution in [0.1, 0.15) is 16.7 Å². The van der Waals surface area contributed by atoms with Crippen molar-refractivity contribution >= 4 is 61.0 Å². The molecule has 5 heteroatoms. The monoisotopic (exact) mass is 598 g/mol. The van der Waals surface area contributed by atoms with Gasteiger partial charge in [-0.2, -0.15) is 5.10 Å². The maximum atomic E-state index is 6.57. The molecular weight excluding hydrogens is 583 g/mol. The van der Waals surface area contributed by atoms with E-state index in [1.807, 2.05) is 24.3 Å². The predicted molar refractivity (Wildman–Crippen MR) is 140 cm³/mol. The topological polar surface area (TPSA) is 17.8 Å². The van der Waals surface area contributed by atoms with E-state index < -0.39 is 5.54 Å². The van der Waals surface area contributed by atoms with Crippen molar-refractivity contribution in [3.05, 3.63) is 133 Å². The van der Waals surface area contributed by atoms with E-state index in [0.717, 1.165) is 35.8 Å². The lowest BCUT2D eigenvalue weighted by molar-refractivity contribution is 0.473. The lowest BCUT2D eigenvalue weighted by Gasteiger charge is -2.37. The van der Waals surface area contributed by atoms with Crippen LogP contribution in [0, 0.1) is 3.70 Å². The van der Waals surface area contributed by atoms with E-state index in [9.17, 15) is 0 Å². The van der Waals surface area contributed by atoms with Gasteiger partial charge in [-0.3, -0.25) is 0 Å². The molecule has 1 heterocycles. The molecule has 0 aliphatic heterocycles. The molecule has 0 fully saturated rings. The summed E-state index contributed by atoms with van der Waals surface area (Å²) in [6, 6.07) is 35.7. The average molecular weight is 600 g/mol. The molecule has 4 aromatic carbocycles. The van der Waals surface area contributed by atoms with Crippen LogP contribution >= 0.6 is 50.1 Å². The first-order valence-corrected chi connectivity index (χ1v) is 12.1. The van der Waals surface area contributed by atoms with E-state index in [-0.39, 0.29) is 0 Å². The Hall–Kier alpha value is -2.15. The summed E-state index contributed by atoms with van der Waals surface area (Å²) in [5, 5.41) is 6.82. The molecule has 2 nitrogen and oxygen atoms in total. The summed E-state index contributed by atoms with van der Waals surface area (Å²) >= 11 is 12.4. The largest absolute Gasteiger partial charge is 0.244 e. The first kappa shape index (κ1) is 20.7. The highest BCUT2D eigenvalue weighted by Crippen LogP contribution is 2.43. The van der Waals surface area contributed by atoms with Gasteiger partial charge in [0.05, 0.1) is 10.5 Å². The Balaban J connectivity index is 1.99. The van der Waals surface area contributed by atoms with Crippen molar-refractivity contribution in [1.29, 1.82) is 0 Å². The van der Waals surface area contributed by atoms with E-state index in [2.05, 4.69) is 122 Å². The van der Waals surface area contributed by atoms with Crippen molar-refractivity contribution in [2.45, 2.75) is 5.54 Å². The number of hydrogen-bond acceptors (Lipinski definition) is 1. The van der Waals surface area contributed by atoms with Gasteiger partial charge >= 0.3 is 0 Å². The first-order valence-electron chi connectivity index (χ1n) is 9.82. The molecule has 0 saturated carbocycles. The molecule has 0 bridgehead atoms. The molecule has 0 N–H and O–H groups in total. The molecule has 1 aromatic heterocycles. The molecule has 31 heavy (non-hydrogen) atoms. The van der Waals surface area contributed by atoms with Crippen LogP contribution in [-0.4, -0.2) is 9.78 Å². The second-order valence-corrected chi connectivity index (χ2v) is 9.58. The lowest BCUT2D eigenvalue weighted by atomic mass is 9.77. The molecular formula is C26H17BrClIN2. The van der Waals surface area contributed by atoms with Gasteiger partial charge in [-0.25, -0.2) is 4.68 Å². The Bertz CT molecular complexity index is 1260. The van der Waals surface area contributed by atoms with Gasteiger partial charge in [-0.15, -0.1) is 0 Å². The second kappa shape index (κ2) is 8.41. The van der Waals surface area contributed by atoms with Gasteiger partial charge in [0.15, 0.2) is 0 Å². The minimum absolute atomic E-state index is 0.660. The van der Waals surface area contributed by atoms with Crippen molar-refractivity contribution in [3.63, 3.8) is 0 Å². The molecule has 0 unspecified atom stereocenters. The SMILES string of the molecule is Clc1cc2c(cc1Br)c(I)nn2C(c1ccccc1)(c1ccccc1)c1ccccc1. The number of nitrogens with zero attached hydrogens (tertiary/aromatic N) is 2. The second-order valence-electron chi connectivity index (χ2n) is 7.29. The maximum Gasteiger partial charge on any atom is 0.138 e. The number of halogens is 3. The van der Waals surface area contributed by atoms with Gasteiger partial charge < -0.3 is 0 Å². The third-order valence-corrected chi connectivity index (χ3v) is 7.56. The van der Waals surface area contributed by atoms with E-state index in [1.165, 1.54) is 0 Å². The molecule has 0 amide bonds. The Labute approximate surface area is 208 Å². The van der Waals surface area contributed by atoms with Gasteiger partial charge in [0.2, 0.25) is 0 Å². The number of fused-ring (bicyclic) bond motifs is 1. The zero-order chi connectivity index (χ0) is 21.4. The highest BCUT2D eigenvalue weighted by atomic mass is 127. The van der Waals surface area contributed by atoms with Crippen LogP contribution in [0.15, 0.2) is 108 Å². The molecule has 0 atom stereocenters. The van der Waals surface area contributed by atoms with Gasteiger partial charge in [-0.1, -0.05) is 103 Å². The summed E-state index contributed by atoms with van der Waals surface area (Å²) in [7, 11) is 0. The summed E-state index contributed by atoms with van der Waals surface area (Å²) in [5.74, 6) is 0. The van der Waals surface area contributed by atoms with Crippen molar-refractivity contribution < 1.29 is 0 Å². The summed E-state index contributed by atoms with van der Waals surface area (Å²) in [6.45, 7) is 0. The third-order valence-electron chi connectivity index (χ3n) is 5.57. The Morgan fingerprint density at radius 3 is 1.65 bits per heavy atom. The number of aromatic nitrogens is 2. The molecule has 0 spiro atoms. The Morgan fingerprint density at radius 1 is 0.742 bits per heavy atom. The quantitative estimate of drug-likeness (QED) is 0.152. The molecule has 152 valence electrons. The van der Waals surface area contributed by atoms with E-state index in [0.29, 0.717) is 5.02 Å². The van der Waals surface area contributed by atoms with Crippen LogP contribution in [0.2, 0.25) is 5.02 Å².